The number of nitrogen functional groups attached to an aromatic ring is 1. The van der Waals surface area contributed by atoms with Gasteiger partial charge in [-0.1, -0.05) is 0 Å². The predicted octanol–water partition coefficient (Wildman–Crippen LogP) is 0.973. The number of aromatic nitrogens is 1. The minimum atomic E-state index is -0.661. The third-order valence-corrected chi connectivity index (χ3v) is 3.25. The lowest BCUT2D eigenvalue weighted by Crippen LogP contribution is -2.47. The molecule has 100 valence electrons. The van der Waals surface area contributed by atoms with E-state index in [-0.39, 0.29) is 12.5 Å². The fraction of sp³-hybridized carbons (Fsp3) is 0.455. The fourth-order valence-corrected chi connectivity index (χ4v) is 1.61. The molecule has 0 aliphatic rings. The molecule has 0 aliphatic carbocycles. The van der Waals surface area contributed by atoms with E-state index >= 15 is 0 Å². The number of aliphatic hydroxyl groups excluding tert-OH is 1. The molecule has 7 heteroatoms. The fourth-order valence-electron chi connectivity index (χ4n) is 1.28. The predicted molar refractivity (Wildman–Crippen MR) is 73.0 cm³/mol. The third-order valence-electron chi connectivity index (χ3n) is 2.82. The van der Waals surface area contributed by atoms with Crippen LogP contribution in [0.2, 0.25) is 0 Å². The molecule has 6 nitrogen and oxygen atoms in total. The van der Waals surface area contributed by atoms with Crippen molar-refractivity contribution in [3.05, 3.63) is 22.3 Å². The second-order valence-electron chi connectivity index (χ2n) is 4.53. The highest BCUT2D eigenvalue weighted by molar-refractivity contribution is 9.10. The SMILES string of the molecule is CN(C(=O)c1cc(Br)cnc1NN)C(C)(C)CO. The van der Waals surface area contributed by atoms with Gasteiger partial charge in [0, 0.05) is 17.7 Å². The smallest absolute Gasteiger partial charge is 0.257 e. The second-order valence-corrected chi connectivity index (χ2v) is 5.44. The summed E-state index contributed by atoms with van der Waals surface area (Å²) in [6.45, 7) is 3.40. The van der Waals surface area contributed by atoms with Crippen LogP contribution in [0, 0.1) is 0 Å². The summed E-state index contributed by atoms with van der Waals surface area (Å²) in [5.74, 6) is 5.36. The zero-order valence-corrected chi connectivity index (χ0v) is 12.2. The number of nitrogens with zero attached hydrogens (tertiary/aromatic N) is 2. The minimum Gasteiger partial charge on any atom is -0.394 e. The number of nitrogens with one attached hydrogen (secondary N) is 1. The number of hydrazine groups is 1. The van der Waals surface area contributed by atoms with Crippen molar-refractivity contribution in [3.8, 4) is 0 Å². The van der Waals surface area contributed by atoms with E-state index in [0.29, 0.717) is 15.9 Å². The summed E-state index contributed by atoms with van der Waals surface area (Å²) in [7, 11) is 1.62. The molecule has 1 amide bonds. The summed E-state index contributed by atoms with van der Waals surface area (Å²) >= 11 is 3.26. The minimum absolute atomic E-state index is 0.137. The molecule has 4 N–H and O–H groups in total. The largest absolute Gasteiger partial charge is 0.394 e. The maximum absolute atomic E-state index is 12.3. The van der Waals surface area contributed by atoms with Gasteiger partial charge in [0.1, 0.15) is 0 Å². The molecule has 1 rings (SSSR count). The van der Waals surface area contributed by atoms with Crippen molar-refractivity contribution in [1.82, 2.24) is 9.88 Å². The van der Waals surface area contributed by atoms with Gasteiger partial charge in [0.15, 0.2) is 5.82 Å². The number of halogens is 1. The van der Waals surface area contributed by atoms with E-state index in [0.717, 1.165) is 0 Å². The Bertz CT molecular complexity index is 451. The maximum Gasteiger partial charge on any atom is 0.257 e. The van der Waals surface area contributed by atoms with Gasteiger partial charge in [-0.2, -0.15) is 0 Å². The Morgan fingerprint density at radius 1 is 1.67 bits per heavy atom. The summed E-state index contributed by atoms with van der Waals surface area (Å²) in [6.07, 6.45) is 1.54. The number of hydrogen-bond acceptors (Lipinski definition) is 5. The Hall–Kier alpha value is -1.18. The molecule has 0 saturated heterocycles. The molecule has 18 heavy (non-hydrogen) atoms. The van der Waals surface area contributed by atoms with Crippen LogP contribution < -0.4 is 11.3 Å². The highest BCUT2D eigenvalue weighted by Gasteiger charge is 2.29. The van der Waals surface area contributed by atoms with Crippen LogP contribution in [0.1, 0.15) is 24.2 Å². The van der Waals surface area contributed by atoms with Crippen LogP contribution in [0.15, 0.2) is 16.7 Å². The molecule has 0 radical (unpaired) electrons. The molecule has 0 spiro atoms. The molecule has 1 aromatic rings. The van der Waals surface area contributed by atoms with Crippen molar-refractivity contribution in [3.63, 3.8) is 0 Å². The molecule has 0 aliphatic heterocycles. The van der Waals surface area contributed by atoms with Gasteiger partial charge in [-0.15, -0.1) is 0 Å². The van der Waals surface area contributed by atoms with Gasteiger partial charge in [0.2, 0.25) is 0 Å². The standard InChI is InChI=1S/C11H17BrN4O2/c1-11(2,6-17)16(3)10(18)8-4-7(12)5-14-9(8)15-13/h4-5,17H,6,13H2,1-3H3,(H,14,15). The first kappa shape index (κ1) is 14.9. The molecule has 0 saturated carbocycles. The average Bonchev–Trinajstić information content (AvgIpc) is 2.36. The summed E-state index contributed by atoms with van der Waals surface area (Å²) in [5.41, 5.74) is 2.07. The Kier molecular flexibility index (Phi) is 4.66. The van der Waals surface area contributed by atoms with E-state index < -0.39 is 5.54 Å². The number of carbonyl (C=O) groups is 1. The topological polar surface area (TPSA) is 91.5 Å². The van der Waals surface area contributed by atoms with Gasteiger partial charge in [-0.3, -0.25) is 4.79 Å². The van der Waals surface area contributed by atoms with Crippen molar-refractivity contribution < 1.29 is 9.90 Å². The summed E-state index contributed by atoms with van der Waals surface area (Å²) in [5, 5.41) is 9.28. The number of aliphatic hydroxyl groups is 1. The molecule has 1 heterocycles. The highest BCUT2D eigenvalue weighted by atomic mass is 79.9. The van der Waals surface area contributed by atoms with Crippen molar-refractivity contribution >= 4 is 27.7 Å². The Labute approximate surface area is 114 Å². The zero-order chi connectivity index (χ0) is 13.9. The summed E-state index contributed by atoms with van der Waals surface area (Å²) in [6, 6.07) is 1.63. The first-order valence-electron chi connectivity index (χ1n) is 5.34. The van der Waals surface area contributed by atoms with Gasteiger partial charge in [0.25, 0.3) is 5.91 Å². The van der Waals surface area contributed by atoms with Crippen LogP contribution in [0.5, 0.6) is 0 Å². The molecule has 0 unspecified atom stereocenters. The molecule has 1 aromatic heterocycles. The van der Waals surface area contributed by atoms with Crippen LogP contribution in [-0.2, 0) is 0 Å². The van der Waals surface area contributed by atoms with Gasteiger partial charge in [-0.05, 0) is 35.8 Å². The lowest BCUT2D eigenvalue weighted by molar-refractivity contribution is 0.0473. The normalized spacial score (nSPS) is 11.2. The van der Waals surface area contributed by atoms with Crippen LogP contribution in [0.4, 0.5) is 5.82 Å². The summed E-state index contributed by atoms with van der Waals surface area (Å²) in [4.78, 5) is 17.8. The number of pyridine rings is 1. The molecular formula is C11H17BrN4O2. The Morgan fingerprint density at radius 3 is 2.78 bits per heavy atom. The molecule has 0 bridgehead atoms. The zero-order valence-electron chi connectivity index (χ0n) is 10.6. The van der Waals surface area contributed by atoms with Crippen LogP contribution in [-0.4, -0.2) is 40.1 Å². The van der Waals surface area contributed by atoms with Gasteiger partial charge >= 0.3 is 0 Å². The van der Waals surface area contributed by atoms with E-state index in [1.165, 1.54) is 4.90 Å². The van der Waals surface area contributed by atoms with E-state index in [9.17, 15) is 9.90 Å². The number of hydrogen-bond donors (Lipinski definition) is 3. The van der Waals surface area contributed by atoms with Crippen molar-refractivity contribution in [2.75, 3.05) is 19.1 Å². The van der Waals surface area contributed by atoms with Crippen LogP contribution in [0.25, 0.3) is 0 Å². The van der Waals surface area contributed by atoms with Gasteiger partial charge < -0.3 is 15.4 Å². The molecule has 0 aromatic carbocycles. The van der Waals surface area contributed by atoms with Gasteiger partial charge in [-0.25, -0.2) is 10.8 Å². The van der Waals surface area contributed by atoms with E-state index in [1.54, 1.807) is 33.2 Å². The average molecular weight is 317 g/mol. The quantitative estimate of drug-likeness (QED) is 0.569. The third kappa shape index (κ3) is 2.98. The summed E-state index contributed by atoms with van der Waals surface area (Å²) < 4.78 is 0.681. The maximum atomic E-state index is 12.3. The monoisotopic (exact) mass is 316 g/mol. The Balaban J connectivity index is 3.14. The van der Waals surface area contributed by atoms with Crippen molar-refractivity contribution in [1.29, 1.82) is 0 Å². The first-order valence-corrected chi connectivity index (χ1v) is 6.14. The molecule has 0 atom stereocenters. The number of carbonyl (C=O) groups excluding carboxylic acids is 1. The number of anilines is 1. The molecular weight excluding hydrogens is 300 g/mol. The van der Waals surface area contributed by atoms with Crippen molar-refractivity contribution in [2.24, 2.45) is 5.84 Å². The highest BCUT2D eigenvalue weighted by Crippen LogP contribution is 2.22. The van der Waals surface area contributed by atoms with Crippen molar-refractivity contribution in [2.45, 2.75) is 19.4 Å². The number of likely N-dealkylation sites (N-methyl/N-ethyl adjacent to an activating group) is 1. The lowest BCUT2D eigenvalue weighted by atomic mass is 10.0. The first-order chi connectivity index (χ1) is 8.33. The Morgan fingerprint density at radius 2 is 2.28 bits per heavy atom. The second kappa shape index (κ2) is 5.64. The van der Waals surface area contributed by atoms with Crippen LogP contribution >= 0.6 is 15.9 Å². The lowest BCUT2D eigenvalue weighted by Gasteiger charge is -2.34. The van der Waals surface area contributed by atoms with E-state index in [1.807, 2.05) is 0 Å². The van der Waals surface area contributed by atoms with E-state index in [2.05, 4.69) is 26.3 Å². The van der Waals surface area contributed by atoms with Gasteiger partial charge in [0.05, 0.1) is 17.7 Å². The number of nitrogens with two attached hydrogens (primary N) is 1. The molecule has 0 fully saturated rings. The number of rotatable bonds is 4. The van der Waals surface area contributed by atoms with Crippen LogP contribution in [0.3, 0.4) is 0 Å². The number of amides is 1. The van der Waals surface area contributed by atoms with E-state index in [4.69, 9.17) is 5.84 Å².